The van der Waals surface area contributed by atoms with Crippen LogP contribution in [0.5, 0.6) is 0 Å². The highest BCUT2D eigenvalue weighted by molar-refractivity contribution is 5.86. The van der Waals surface area contributed by atoms with E-state index in [0.717, 1.165) is 36.6 Å². The van der Waals surface area contributed by atoms with Gasteiger partial charge in [-0.15, -0.1) is 0 Å². The molecule has 0 radical (unpaired) electrons. The molecule has 2 fully saturated rings. The minimum Gasteiger partial charge on any atom is -0.445 e. The summed E-state index contributed by atoms with van der Waals surface area (Å²) in [5.74, 6) is 1.39. The Labute approximate surface area is 178 Å². The minimum atomic E-state index is -0.617. The Morgan fingerprint density at radius 2 is 1.60 bits per heavy atom. The molecule has 30 heavy (non-hydrogen) atoms. The van der Waals surface area contributed by atoms with Crippen LogP contribution in [0.3, 0.4) is 0 Å². The molecule has 2 aliphatic rings. The molecule has 1 saturated carbocycles. The van der Waals surface area contributed by atoms with Crippen molar-refractivity contribution in [1.82, 2.24) is 10.2 Å². The Bertz CT molecular complexity index is 840. The summed E-state index contributed by atoms with van der Waals surface area (Å²) < 4.78 is 5.38. The number of benzene rings is 2. The number of nitrogens with zero attached hydrogens (tertiary/aromatic N) is 1. The van der Waals surface area contributed by atoms with Crippen LogP contribution in [0.4, 0.5) is 4.79 Å². The van der Waals surface area contributed by atoms with Gasteiger partial charge in [-0.2, -0.15) is 0 Å². The molecule has 0 spiro atoms. The van der Waals surface area contributed by atoms with Crippen LogP contribution in [0.25, 0.3) is 0 Å². The first-order chi connectivity index (χ1) is 14.7. The quantitative estimate of drug-likeness (QED) is 0.783. The van der Waals surface area contributed by atoms with Gasteiger partial charge < -0.3 is 15.0 Å². The zero-order chi connectivity index (χ0) is 20.8. The zero-order valence-corrected chi connectivity index (χ0v) is 17.3. The highest BCUT2D eigenvalue weighted by Crippen LogP contribution is 2.37. The van der Waals surface area contributed by atoms with Crippen molar-refractivity contribution in [3.8, 4) is 0 Å². The van der Waals surface area contributed by atoms with E-state index in [1.165, 1.54) is 19.3 Å². The average Bonchev–Trinajstić information content (AvgIpc) is 3.26. The van der Waals surface area contributed by atoms with Gasteiger partial charge in [0, 0.05) is 19.5 Å². The van der Waals surface area contributed by atoms with Crippen LogP contribution in [0, 0.1) is 11.8 Å². The van der Waals surface area contributed by atoms with Crippen molar-refractivity contribution >= 4 is 12.0 Å². The number of hydrogen-bond acceptors (Lipinski definition) is 3. The fourth-order valence-corrected chi connectivity index (χ4v) is 4.81. The zero-order valence-electron chi connectivity index (χ0n) is 17.3. The molecule has 1 heterocycles. The summed E-state index contributed by atoms with van der Waals surface area (Å²) in [5, 5.41) is 2.84. The molecule has 0 aromatic heterocycles. The topological polar surface area (TPSA) is 58.6 Å². The molecule has 4 rings (SSSR count). The molecule has 158 valence electrons. The molecule has 2 aromatic carbocycles. The predicted molar refractivity (Wildman–Crippen MR) is 116 cm³/mol. The van der Waals surface area contributed by atoms with E-state index in [1.54, 1.807) is 0 Å². The lowest BCUT2D eigenvalue weighted by atomic mass is 9.88. The largest absolute Gasteiger partial charge is 0.445 e. The lowest BCUT2D eigenvalue weighted by Gasteiger charge is -2.37. The first kappa shape index (κ1) is 20.5. The molecule has 2 unspecified atom stereocenters. The molecule has 3 atom stereocenters. The van der Waals surface area contributed by atoms with Crippen LogP contribution in [-0.4, -0.2) is 36.0 Å². The number of carbonyl (C=O) groups is 2. The van der Waals surface area contributed by atoms with Crippen LogP contribution in [0.15, 0.2) is 60.7 Å². The van der Waals surface area contributed by atoms with Crippen LogP contribution in [-0.2, 0) is 22.6 Å². The van der Waals surface area contributed by atoms with E-state index in [9.17, 15) is 9.59 Å². The van der Waals surface area contributed by atoms with Crippen LogP contribution >= 0.6 is 0 Å². The summed E-state index contributed by atoms with van der Waals surface area (Å²) in [6, 6.07) is 18.8. The molecule has 1 N–H and O–H groups in total. The Morgan fingerprint density at radius 1 is 0.933 bits per heavy atom. The second-order valence-electron chi connectivity index (χ2n) is 8.47. The summed E-state index contributed by atoms with van der Waals surface area (Å²) in [4.78, 5) is 27.8. The third-order valence-corrected chi connectivity index (χ3v) is 6.44. The Morgan fingerprint density at radius 3 is 2.33 bits per heavy atom. The maximum atomic E-state index is 13.4. The number of alkyl carbamates (subject to hydrolysis) is 1. The van der Waals surface area contributed by atoms with Crippen molar-refractivity contribution in [2.75, 3.05) is 13.1 Å². The SMILES string of the molecule is O=C(N[C@@H](Cc1ccccc1)C(=O)N1CCC2CCCC2C1)OCc1ccccc1. The van der Waals surface area contributed by atoms with E-state index in [4.69, 9.17) is 4.74 Å². The van der Waals surface area contributed by atoms with E-state index in [-0.39, 0.29) is 12.5 Å². The molecule has 0 bridgehead atoms. The molecular weight excluding hydrogens is 376 g/mol. The van der Waals surface area contributed by atoms with Crippen LogP contribution in [0.1, 0.15) is 36.8 Å². The number of hydrogen-bond donors (Lipinski definition) is 1. The third kappa shape index (κ3) is 5.21. The predicted octanol–water partition coefficient (Wildman–Crippen LogP) is 4.17. The molecule has 1 aliphatic heterocycles. The number of rotatable bonds is 6. The Balaban J connectivity index is 1.40. The van der Waals surface area contributed by atoms with E-state index >= 15 is 0 Å². The number of carbonyl (C=O) groups excluding carboxylic acids is 2. The first-order valence-electron chi connectivity index (χ1n) is 11.0. The second-order valence-corrected chi connectivity index (χ2v) is 8.47. The van der Waals surface area contributed by atoms with Gasteiger partial charge >= 0.3 is 6.09 Å². The number of likely N-dealkylation sites (tertiary alicyclic amines) is 1. The van der Waals surface area contributed by atoms with Crippen molar-refractivity contribution in [1.29, 1.82) is 0 Å². The lowest BCUT2D eigenvalue weighted by molar-refractivity contribution is -0.135. The normalized spacial score (nSPS) is 21.5. The van der Waals surface area contributed by atoms with Crippen molar-refractivity contribution in [3.63, 3.8) is 0 Å². The van der Waals surface area contributed by atoms with E-state index < -0.39 is 12.1 Å². The average molecular weight is 407 g/mol. The Kier molecular flexibility index (Phi) is 6.67. The fourth-order valence-electron chi connectivity index (χ4n) is 4.81. The van der Waals surface area contributed by atoms with Crippen molar-refractivity contribution in [3.05, 3.63) is 71.8 Å². The highest BCUT2D eigenvalue weighted by Gasteiger charge is 2.36. The molecule has 1 saturated heterocycles. The van der Waals surface area contributed by atoms with Crippen LogP contribution < -0.4 is 5.32 Å². The summed E-state index contributed by atoms with van der Waals surface area (Å²) in [6.45, 7) is 1.79. The molecule has 5 heteroatoms. The van der Waals surface area contributed by atoms with Gasteiger partial charge in [0.15, 0.2) is 0 Å². The van der Waals surface area contributed by atoms with Gasteiger partial charge in [0.2, 0.25) is 5.91 Å². The summed E-state index contributed by atoms with van der Waals surface area (Å²) in [7, 11) is 0. The van der Waals surface area contributed by atoms with Gasteiger partial charge in [-0.25, -0.2) is 4.79 Å². The maximum Gasteiger partial charge on any atom is 0.408 e. The Hall–Kier alpha value is -2.82. The fraction of sp³-hybridized carbons (Fsp3) is 0.440. The van der Waals surface area contributed by atoms with Crippen LogP contribution in [0.2, 0.25) is 0 Å². The molecular formula is C25H30N2O3. The standard InChI is InChI=1S/C25H30N2O3/c28-24(27-15-14-21-12-7-13-22(21)17-27)23(16-19-8-3-1-4-9-19)26-25(29)30-18-20-10-5-2-6-11-20/h1-6,8-11,21-23H,7,12-18H2,(H,26,29)/t21?,22?,23-/m0/s1. The monoisotopic (exact) mass is 406 g/mol. The molecule has 1 aliphatic carbocycles. The second kappa shape index (κ2) is 9.79. The summed E-state index contributed by atoms with van der Waals surface area (Å²) >= 11 is 0. The van der Waals surface area contributed by atoms with Gasteiger partial charge in [0.25, 0.3) is 0 Å². The summed E-state index contributed by atoms with van der Waals surface area (Å²) in [5.41, 5.74) is 1.94. The smallest absolute Gasteiger partial charge is 0.408 e. The molecule has 2 aromatic rings. The number of amides is 2. The van der Waals surface area contributed by atoms with E-state index in [0.29, 0.717) is 12.3 Å². The molecule has 2 amide bonds. The first-order valence-corrected chi connectivity index (χ1v) is 11.0. The van der Waals surface area contributed by atoms with Gasteiger partial charge in [0.1, 0.15) is 12.6 Å². The van der Waals surface area contributed by atoms with Gasteiger partial charge in [-0.3, -0.25) is 4.79 Å². The van der Waals surface area contributed by atoms with Gasteiger partial charge in [0.05, 0.1) is 0 Å². The number of nitrogens with one attached hydrogen (secondary N) is 1. The van der Waals surface area contributed by atoms with E-state index in [1.807, 2.05) is 65.6 Å². The molecule has 5 nitrogen and oxygen atoms in total. The maximum absolute atomic E-state index is 13.4. The highest BCUT2D eigenvalue weighted by atomic mass is 16.5. The van der Waals surface area contributed by atoms with Gasteiger partial charge in [-0.1, -0.05) is 73.5 Å². The number of fused-ring (bicyclic) bond motifs is 1. The summed E-state index contributed by atoms with van der Waals surface area (Å²) in [6.07, 6.45) is 4.77. The minimum absolute atomic E-state index is 0.000800. The number of piperidine rings is 1. The van der Waals surface area contributed by atoms with E-state index in [2.05, 4.69) is 5.32 Å². The van der Waals surface area contributed by atoms with Gasteiger partial charge in [-0.05, 0) is 35.8 Å². The van der Waals surface area contributed by atoms with Crippen molar-refractivity contribution in [2.24, 2.45) is 11.8 Å². The lowest BCUT2D eigenvalue weighted by Crippen LogP contribution is -2.53. The van der Waals surface area contributed by atoms with Crippen molar-refractivity contribution in [2.45, 2.75) is 44.8 Å². The third-order valence-electron chi connectivity index (χ3n) is 6.44. The number of ether oxygens (including phenoxy) is 1. The van der Waals surface area contributed by atoms with Crippen molar-refractivity contribution < 1.29 is 14.3 Å².